The molecular weight excluding hydrogens is 282 g/mol. The number of rotatable bonds is 7. The molecule has 4 heteroatoms. The molecule has 0 aromatic heterocycles. The maximum atomic E-state index is 12.1. The van der Waals surface area contributed by atoms with Crippen molar-refractivity contribution >= 4 is 10.0 Å². The fraction of sp³-hybridized carbons (Fsp3) is 0.294. The van der Waals surface area contributed by atoms with Crippen LogP contribution in [0, 0.1) is 0 Å². The van der Waals surface area contributed by atoms with E-state index in [0.717, 1.165) is 24.8 Å². The van der Waals surface area contributed by atoms with Crippen molar-refractivity contribution in [2.45, 2.75) is 31.1 Å². The first-order valence-corrected chi connectivity index (χ1v) is 8.72. The molecule has 1 N–H and O–H groups in total. The maximum Gasteiger partial charge on any atom is 0.240 e. The molecule has 0 spiro atoms. The lowest BCUT2D eigenvalue weighted by atomic mass is 10.1. The Morgan fingerprint density at radius 2 is 1.52 bits per heavy atom. The van der Waals surface area contributed by atoms with Crippen LogP contribution in [0.1, 0.15) is 30.9 Å². The minimum Gasteiger partial charge on any atom is -0.211 e. The molecule has 0 aliphatic heterocycles. The normalized spacial score (nSPS) is 11.5. The molecule has 2 rings (SSSR count). The number of benzene rings is 2. The molecule has 0 bridgehead atoms. The zero-order valence-corrected chi connectivity index (χ0v) is 13.1. The van der Waals surface area contributed by atoms with Crippen molar-refractivity contribution in [1.82, 2.24) is 4.72 Å². The molecule has 0 saturated heterocycles. The van der Waals surface area contributed by atoms with E-state index < -0.39 is 10.0 Å². The molecule has 0 radical (unpaired) electrons. The van der Waals surface area contributed by atoms with Crippen LogP contribution in [-0.4, -0.2) is 15.0 Å². The smallest absolute Gasteiger partial charge is 0.211 e. The van der Waals surface area contributed by atoms with Gasteiger partial charge in [-0.25, -0.2) is 13.1 Å². The van der Waals surface area contributed by atoms with Crippen molar-refractivity contribution in [3.05, 3.63) is 65.7 Å². The van der Waals surface area contributed by atoms with Gasteiger partial charge in [0.05, 0.1) is 4.90 Å². The van der Waals surface area contributed by atoms with Gasteiger partial charge in [-0.15, -0.1) is 0 Å². The Morgan fingerprint density at radius 3 is 2.14 bits per heavy atom. The molecule has 0 unspecified atom stereocenters. The Morgan fingerprint density at radius 1 is 0.905 bits per heavy atom. The van der Waals surface area contributed by atoms with Crippen molar-refractivity contribution in [3.63, 3.8) is 0 Å². The summed E-state index contributed by atoms with van der Waals surface area (Å²) >= 11 is 0. The first-order chi connectivity index (χ1) is 10.1. The maximum absolute atomic E-state index is 12.1. The topological polar surface area (TPSA) is 46.2 Å². The van der Waals surface area contributed by atoms with Crippen LogP contribution in [0.4, 0.5) is 0 Å². The molecule has 0 amide bonds. The summed E-state index contributed by atoms with van der Waals surface area (Å²) in [6.45, 7) is 2.53. The molecule has 0 aliphatic rings. The average molecular weight is 303 g/mol. The summed E-state index contributed by atoms with van der Waals surface area (Å²) in [5, 5.41) is 0. The third-order valence-electron chi connectivity index (χ3n) is 3.31. The summed E-state index contributed by atoms with van der Waals surface area (Å²) in [7, 11) is -3.37. The fourth-order valence-corrected chi connectivity index (χ4v) is 3.16. The van der Waals surface area contributed by atoms with Gasteiger partial charge >= 0.3 is 0 Å². The second kappa shape index (κ2) is 7.38. The fourth-order valence-electron chi connectivity index (χ4n) is 2.08. The van der Waals surface area contributed by atoms with E-state index in [4.69, 9.17) is 0 Å². The van der Waals surface area contributed by atoms with E-state index in [1.54, 1.807) is 12.1 Å². The predicted molar refractivity (Wildman–Crippen MR) is 85.8 cm³/mol. The van der Waals surface area contributed by atoms with E-state index in [1.165, 1.54) is 5.56 Å². The van der Waals surface area contributed by atoms with Crippen molar-refractivity contribution in [2.75, 3.05) is 6.54 Å². The molecule has 2 aromatic carbocycles. The highest BCUT2D eigenvalue weighted by atomic mass is 32.2. The second-order valence-corrected chi connectivity index (χ2v) is 6.82. The van der Waals surface area contributed by atoms with Gasteiger partial charge in [0, 0.05) is 6.54 Å². The van der Waals surface area contributed by atoms with Gasteiger partial charge in [-0.1, -0.05) is 55.8 Å². The highest BCUT2D eigenvalue weighted by Gasteiger charge is 2.12. The van der Waals surface area contributed by atoms with Crippen LogP contribution in [-0.2, 0) is 16.4 Å². The van der Waals surface area contributed by atoms with Crippen LogP contribution in [0.25, 0.3) is 0 Å². The monoisotopic (exact) mass is 303 g/mol. The van der Waals surface area contributed by atoms with Crippen molar-refractivity contribution in [2.24, 2.45) is 0 Å². The SMILES string of the molecule is CCCCNS(=O)(=O)c1ccc(Cc2ccccc2)cc1. The van der Waals surface area contributed by atoms with Crippen molar-refractivity contribution < 1.29 is 8.42 Å². The highest BCUT2D eigenvalue weighted by molar-refractivity contribution is 7.89. The Hall–Kier alpha value is -1.65. The second-order valence-electron chi connectivity index (χ2n) is 5.06. The summed E-state index contributed by atoms with van der Waals surface area (Å²) in [4.78, 5) is 0.329. The van der Waals surface area contributed by atoms with Gasteiger partial charge in [0.1, 0.15) is 0 Å². The number of hydrogen-bond acceptors (Lipinski definition) is 2. The highest BCUT2D eigenvalue weighted by Crippen LogP contribution is 2.14. The molecule has 2 aromatic rings. The molecule has 0 atom stereocenters. The largest absolute Gasteiger partial charge is 0.240 e. The molecule has 0 aliphatic carbocycles. The number of unbranched alkanes of at least 4 members (excludes halogenated alkanes) is 1. The van der Waals surface area contributed by atoms with E-state index in [2.05, 4.69) is 16.9 Å². The number of hydrogen-bond donors (Lipinski definition) is 1. The average Bonchev–Trinajstić information content (AvgIpc) is 2.49. The summed E-state index contributed by atoms with van der Waals surface area (Å²) in [5.41, 5.74) is 2.32. The minimum atomic E-state index is -3.37. The first-order valence-electron chi connectivity index (χ1n) is 7.24. The van der Waals surface area contributed by atoms with Gasteiger partial charge in [0.2, 0.25) is 10.0 Å². The minimum absolute atomic E-state index is 0.329. The Balaban J connectivity index is 2.05. The Bertz CT molecular complexity index is 649. The number of sulfonamides is 1. The van der Waals surface area contributed by atoms with Gasteiger partial charge < -0.3 is 0 Å². The van der Waals surface area contributed by atoms with Crippen LogP contribution in [0.3, 0.4) is 0 Å². The van der Waals surface area contributed by atoms with Crippen molar-refractivity contribution in [1.29, 1.82) is 0 Å². The molecule has 0 fully saturated rings. The van der Waals surface area contributed by atoms with Crippen LogP contribution >= 0.6 is 0 Å². The molecule has 3 nitrogen and oxygen atoms in total. The van der Waals surface area contributed by atoms with Crippen molar-refractivity contribution in [3.8, 4) is 0 Å². The summed E-state index contributed by atoms with van der Waals surface area (Å²) in [6, 6.07) is 17.2. The van der Waals surface area contributed by atoms with E-state index in [1.807, 2.05) is 37.3 Å². The molecule has 0 heterocycles. The number of nitrogens with one attached hydrogen (secondary N) is 1. The molecule has 21 heavy (non-hydrogen) atoms. The lowest BCUT2D eigenvalue weighted by Crippen LogP contribution is -2.24. The van der Waals surface area contributed by atoms with Gasteiger partial charge in [-0.2, -0.15) is 0 Å². The van der Waals surface area contributed by atoms with Crippen LogP contribution in [0.15, 0.2) is 59.5 Å². The molecule has 0 saturated carbocycles. The predicted octanol–water partition coefficient (Wildman–Crippen LogP) is 3.36. The zero-order chi connectivity index (χ0) is 15.1. The van der Waals surface area contributed by atoms with Crippen LogP contribution < -0.4 is 4.72 Å². The van der Waals surface area contributed by atoms with Gasteiger partial charge in [-0.05, 0) is 36.1 Å². The van der Waals surface area contributed by atoms with E-state index in [9.17, 15) is 8.42 Å². The molecule has 112 valence electrons. The Kier molecular flexibility index (Phi) is 5.53. The van der Waals surface area contributed by atoms with Gasteiger partial charge in [-0.3, -0.25) is 0 Å². The summed E-state index contributed by atoms with van der Waals surface area (Å²) < 4.78 is 26.7. The van der Waals surface area contributed by atoms with Gasteiger partial charge in [0.25, 0.3) is 0 Å². The Labute approximate surface area is 127 Å². The standard InChI is InChI=1S/C17H21NO2S/c1-2-3-13-18-21(19,20)17-11-9-16(10-12-17)14-15-7-5-4-6-8-15/h4-12,18H,2-3,13-14H2,1H3. The van der Waals surface area contributed by atoms with E-state index in [-0.39, 0.29) is 0 Å². The first kappa shape index (κ1) is 15.7. The van der Waals surface area contributed by atoms with E-state index in [0.29, 0.717) is 11.4 Å². The third-order valence-corrected chi connectivity index (χ3v) is 4.78. The zero-order valence-electron chi connectivity index (χ0n) is 12.2. The lowest BCUT2D eigenvalue weighted by Gasteiger charge is -2.07. The summed E-state index contributed by atoms with van der Waals surface area (Å²) in [6.07, 6.45) is 2.63. The van der Waals surface area contributed by atoms with Gasteiger partial charge in [0.15, 0.2) is 0 Å². The lowest BCUT2D eigenvalue weighted by molar-refractivity contribution is 0.578. The molecular formula is C17H21NO2S. The van der Waals surface area contributed by atoms with E-state index >= 15 is 0 Å². The third kappa shape index (κ3) is 4.69. The summed E-state index contributed by atoms with van der Waals surface area (Å²) in [5.74, 6) is 0. The van der Waals surface area contributed by atoms with Crippen LogP contribution in [0.2, 0.25) is 0 Å². The van der Waals surface area contributed by atoms with Crippen LogP contribution in [0.5, 0.6) is 0 Å². The quantitative estimate of drug-likeness (QED) is 0.797.